The van der Waals surface area contributed by atoms with Crippen LogP contribution in [0.4, 0.5) is 10.2 Å². The minimum Gasteiger partial charge on any atom is -0.463 e. The average Bonchev–Trinajstić information content (AvgIpc) is 3.17. The molecule has 1 saturated carbocycles. The number of halogens is 1. The highest BCUT2D eigenvalue weighted by molar-refractivity contribution is 5.87. The monoisotopic (exact) mass is 389 g/mol. The van der Waals surface area contributed by atoms with Gasteiger partial charge in [0.05, 0.1) is 6.61 Å². The van der Waals surface area contributed by atoms with E-state index >= 15 is 0 Å². The summed E-state index contributed by atoms with van der Waals surface area (Å²) in [7, 11) is 0. The minimum absolute atomic E-state index is 0.00420. The Kier molecular flexibility index (Phi) is 7.01. The van der Waals surface area contributed by atoms with Crippen LogP contribution in [0.3, 0.4) is 0 Å². The summed E-state index contributed by atoms with van der Waals surface area (Å²) in [5, 5.41) is 3.11. The highest BCUT2D eigenvalue weighted by atomic mass is 19.1. The predicted molar refractivity (Wildman–Crippen MR) is 105 cm³/mol. The van der Waals surface area contributed by atoms with E-state index in [1.54, 1.807) is 6.92 Å². The number of amides is 1. The van der Waals surface area contributed by atoms with Gasteiger partial charge in [0.1, 0.15) is 0 Å². The van der Waals surface area contributed by atoms with Crippen LogP contribution in [0.1, 0.15) is 51.0 Å². The third kappa shape index (κ3) is 5.30. The molecule has 0 spiro atoms. The molecular formula is C21H28FN3O3. The Balaban J connectivity index is 1.54. The van der Waals surface area contributed by atoms with Crippen LogP contribution in [0, 0.1) is 11.7 Å². The number of nitrogens with one attached hydrogen (secondary N) is 1. The van der Waals surface area contributed by atoms with Gasteiger partial charge in [0.15, 0.2) is 11.6 Å². The molecule has 2 heterocycles. The zero-order valence-corrected chi connectivity index (χ0v) is 16.3. The summed E-state index contributed by atoms with van der Waals surface area (Å²) in [5.41, 5.74) is 0.483. The predicted octanol–water partition coefficient (Wildman–Crippen LogP) is 3.39. The molecule has 3 rings (SSSR count). The van der Waals surface area contributed by atoms with Gasteiger partial charge in [0.2, 0.25) is 5.91 Å². The SMILES string of the molecule is CCOC(=O)/C=C/c1cnc(N[C@@H]2CCN(C(=O)C3CCCCC3)C2)c(F)c1. The number of ether oxygens (including phenoxy) is 1. The maximum atomic E-state index is 14.4. The first-order valence-electron chi connectivity index (χ1n) is 10.1. The Morgan fingerprint density at radius 2 is 2.11 bits per heavy atom. The van der Waals surface area contributed by atoms with Crippen molar-refractivity contribution >= 4 is 23.8 Å². The van der Waals surface area contributed by atoms with Gasteiger partial charge < -0.3 is 15.0 Å². The molecule has 1 aromatic rings. The lowest BCUT2D eigenvalue weighted by molar-refractivity contribution is -0.137. The molecule has 0 bridgehead atoms. The maximum absolute atomic E-state index is 14.4. The molecule has 0 unspecified atom stereocenters. The fourth-order valence-electron chi connectivity index (χ4n) is 3.88. The van der Waals surface area contributed by atoms with Crippen molar-refractivity contribution in [1.29, 1.82) is 0 Å². The molecule has 0 aromatic carbocycles. The normalized spacial score (nSPS) is 20.5. The van der Waals surface area contributed by atoms with E-state index in [1.165, 1.54) is 30.8 Å². The third-order valence-electron chi connectivity index (χ3n) is 5.36. The van der Waals surface area contributed by atoms with Gasteiger partial charge in [0, 0.05) is 37.3 Å². The van der Waals surface area contributed by atoms with E-state index in [1.807, 2.05) is 4.90 Å². The van der Waals surface area contributed by atoms with Crippen molar-refractivity contribution in [2.24, 2.45) is 5.92 Å². The number of esters is 1. The van der Waals surface area contributed by atoms with Crippen molar-refractivity contribution in [3.63, 3.8) is 0 Å². The minimum atomic E-state index is -0.483. The van der Waals surface area contributed by atoms with Crippen LogP contribution in [0.15, 0.2) is 18.3 Å². The number of carbonyl (C=O) groups is 2. The lowest BCUT2D eigenvalue weighted by Crippen LogP contribution is -2.37. The summed E-state index contributed by atoms with van der Waals surface area (Å²) < 4.78 is 19.2. The summed E-state index contributed by atoms with van der Waals surface area (Å²) in [6.07, 6.45) is 10.5. The lowest BCUT2D eigenvalue weighted by Gasteiger charge is -2.26. The number of anilines is 1. The second-order valence-corrected chi connectivity index (χ2v) is 7.43. The highest BCUT2D eigenvalue weighted by Crippen LogP contribution is 2.27. The molecule has 0 radical (unpaired) electrons. The van der Waals surface area contributed by atoms with Crippen molar-refractivity contribution in [2.45, 2.75) is 51.5 Å². The fourth-order valence-corrected chi connectivity index (χ4v) is 3.88. The Labute approximate surface area is 165 Å². The van der Waals surface area contributed by atoms with Gasteiger partial charge in [-0.25, -0.2) is 14.2 Å². The van der Waals surface area contributed by atoms with E-state index in [0.29, 0.717) is 25.3 Å². The first kappa shape index (κ1) is 20.3. The van der Waals surface area contributed by atoms with Crippen LogP contribution in [0.5, 0.6) is 0 Å². The highest BCUT2D eigenvalue weighted by Gasteiger charge is 2.31. The Hall–Kier alpha value is -2.44. The zero-order valence-electron chi connectivity index (χ0n) is 16.3. The van der Waals surface area contributed by atoms with Crippen molar-refractivity contribution < 1.29 is 18.7 Å². The van der Waals surface area contributed by atoms with E-state index in [4.69, 9.17) is 4.74 Å². The summed E-state index contributed by atoms with van der Waals surface area (Å²) in [4.78, 5) is 30.0. The number of pyridine rings is 1. The summed E-state index contributed by atoms with van der Waals surface area (Å²) in [5.74, 6) is -0.378. The van der Waals surface area contributed by atoms with Crippen molar-refractivity contribution in [2.75, 3.05) is 25.0 Å². The number of hydrogen-bond acceptors (Lipinski definition) is 5. The number of hydrogen-bond donors (Lipinski definition) is 1. The molecule has 2 aliphatic rings. The Morgan fingerprint density at radius 3 is 2.82 bits per heavy atom. The zero-order chi connectivity index (χ0) is 19.9. The smallest absolute Gasteiger partial charge is 0.330 e. The molecule has 2 fully saturated rings. The molecule has 1 atom stereocenters. The molecule has 1 amide bonds. The van der Waals surface area contributed by atoms with Gasteiger partial charge in [0.25, 0.3) is 0 Å². The number of aromatic nitrogens is 1. The van der Waals surface area contributed by atoms with E-state index < -0.39 is 11.8 Å². The molecule has 1 aliphatic carbocycles. The summed E-state index contributed by atoms with van der Waals surface area (Å²) >= 11 is 0. The van der Waals surface area contributed by atoms with Crippen molar-refractivity contribution in [3.8, 4) is 0 Å². The van der Waals surface area contributed by atoms with Crippen molar-refractivity contribution in [3.05, 3.63) is 29.7 Å². The van der Waals surface area contributed by atoms with Crippen LogP contribution in [-0.2, 0) is 14.3 Å². The number of carbonyl (C=O) groups excluding carboxylic acids is 2. The number of likely N-dealkylation sites (tertiary alicyclic amines) is 1. The molecule has 7 heteroatoms. The first-order valence-corrected chi connectivity index (χ1v) is 10.1. The van der Waals surface area contributed by atoms with E-state index in [2.05, 4.69) is 10.3 Å². The maximum Gasteiger partial charge on any atom is 0.330 e. The largest absolute Gasteiger partial charge is 0.463 e. The lowest BCUT2D eigenvalue weighted by atomic mass is 9.88. The van der Waals surface area contributed by atoms with E-state index in [-0.39, 0.29) is 23.7 Å². The molecule has 1 saturated heterocycles. The number of nitrogens with zero attached hydrogens (tertiary/aromatic N) is 2. The van der Waals surface area contributed by atoms with E-state index in [9.17, 15) is 14.0 Å². The van der Waals surface area contributed by atoms with Gasteiger partial charge in [-0.2, -0.15) is 0 Å². The Bertz CT molecular complexity index is 732. The van der Waals surface area contributed by atoms with E-state index in [0.717, 1.165) is 32.1 Å². The third-order valence-corrected chi connectivity index (χ3v) is 5.36. The van der Waals surface area contributed by atoms with Gasteiger partial charge in [-0.3, -0.25) is 4.79 Å². The van der Waals surface area contributed by atoms with Crippen LogP contribution in [-0.4, -0.2) is 47.5 Å². The number of rotatable bonds is 6. The molecule has 6 nitrogen and oxygen atoms in total. The van der Waals surface area contributed by atoms with Crippen LogP contribution >= 0.6 is 0 Å². The standard InChI is InChI=1S/C21H28FN3O3/c1-2-28-19(26)9-8-15-12-18(22)20(23-13-15)24-17-10-11-25(14-17)21(27)16-6-4-3-5-7-16/h8-9,12-13,16-17H,2-7,10-11,14H2,1H3,(H,23,24)/b9-8+/t17-/m1/s1. The molecule has 1 aliphatic heterocycles. The van der Waals surface area contributed by atoms with Gasteiger partial charge in [-0.05, 0) is 43.9 Å². The fraction of sp³-hybridized carbons (Fsp3) is 0.571. The molecular weight excluding hydrogens is 361 g/mol. The van der Waals surface area contributed by atoms with Gasteiger partial charge >= 0.3 is 5.97 Å². The summed E-state index contributed by atoms with van der Waals surface area (Å²) in [6.45, 7) is 3.30. The quantitative estimate of drug-likeness (QED) is 0.596. The van der Waals surface area contributed by atoms with Gasteiger partial charge in [-0.15, -0.1) is 0 Å². The first-order chi connectivity index (χ1) is 13.6. The van der Waals surface area contributed by atoms with Crippen LogP contribution in [0.25, 0.3) is 6.08 Å². The van der Waals surface area contributed by atoms with Crippen LogP contribution in [0.2, 0.25) is 0 Å². The molecule has 1 N–H and O–H groups in total. The topological polar surface area (TPSA) is 71.5 Å². The molecule has 1 aromatic heterocycles. The van der Waals surface area contributed by atoms with Gasteiger partial charge in [-0.1, -0.05) is 19.3 Å². The van der Waals surface area contributed by atoms with Crippen molar-refractivity contribution in [1.82, 2.24) is 9.88 Å². The summed E-state index contributed by atoms with van der Waals surface area (Å²) in [6, 6.07) is 1.32. The van der Waals surface area contributed by atoms with Crippen LogP contribution < -0.4 is 5.32 Å². The average molecular weight is 389 g/mol. The second kappa shape index (κ2) is 9.66. The second-order valence-electron chi connectivity index (χ2n) is 7.43. The molecule has 28 heavy (non-hydrogen) atoms. The Morgan fingerprint density at radius 1 is 1.32 bits per heavy atom. The molecule has 152 valence electrons.